The van der Waals surface area contributed by atoms with E-state index in [4.69, 9.17) is 4.98 Å². The van der Waals surface area contributed by atoms with E-state index in [1.54, 1.807) is 0 Å². The number of thiazole rings is 1. The van der Waals surface area contributed by atoms with Crippen molar-refractivity contribution in [3.63, 3.8) is 0 Å². The molecule has 4 heteroatoms. The lowest BCUT2D eigenvalue weighted by Crippen LogP contribution is -2.33. The zero-order valence-corrected chi connectivity index (χ0v) is 14.1. The lowest BCUT2D eigenvalue weighted by atomic mass is 10.0. The summed E-state index contributed by atoms with van der Waals surface area (Å²) in [5.41, 5.74) is 1.30. The van der Waals surface area contributed by atoms with Gasteiger partial charge in [0.15, 0.2) is 0 Å². The third-order valence-electron chi connectivity index (χ3n) is 3.97. The number of rotatable bonds is 7. The van der Waals surface area contributed by atoms with Gasteiger partial charge in [-0.3, -0.25) is 4.90 Å². The van der Waals surface area contributed by atoms with Gasteiger partial charge in [-0.1, -0.05) is 20.8 Å². The van der Waals surface area contributed by atoms with Crippen LogP contribution in [0.15, 0.2) is 0 Å². The molecule has 1 aromatic heterocycles. The number of hydrogen-bond donors (Lipinski definition) is 1. The smallest absolute Gasteiger partial charge is 0.107 e. The minimum absolute atomic E-state index is 0.847. The van der Waals surface area contributed by atoms with Gasteiger partial charge in [-0.2, -0.15) is 0 Å². The summed E-state index contributed by atoms with van der Waals surface area (Å²) < 4.78 is 0. The van der Waals surface area contributed by atoms with Crippen molar-refractivity contribution >= 4 is 11.3 Å². The van der Waals surface area contributed by atoms with Gasteiger partial charge in [0.1, 0.15) is 5.01 Å². The first kappa shape index (κ1) is 15.9. The summed E-state index contributed by atoms with van der Waals surface area (Å²) in [5.74, 6) is 0.847. The van der Waals surface area contributed by atoms with Crippen molar-refractivity contribution < 1.29 is 0 Å². The van der Waals surface area contributed by atoms with Gasteiger partial charge in [-0.05, 0) is 44.7 Å². The van der Waals surface area contributed by atoms with Crippen LogP contribution in [0.2, 0.25) is 0 Å². The van der Waals surface area contributed by atoms with Crippen molar-refractivity contribution in [2.24, 2.45) is 5.92 Å². The molecule has 0 spiro atoms. The quantitative estimate of drug-likeness (QED) is 0.781. The Bertz CT molecular complexity index is 402. The Hall–Kier alpha value is -0.450. The molecule has 1 atom stereocenters. The monoisotopic (exact) mass is 295 g/mol. The van der Waals surface area contributed by atoms with Crippen LogP contribution in [0.5, 0.6) is 0 Å². The largest absolute Gasteiger partial charge is 0.312 e. The predicted molar refractivity (Wildman–Crippen MR) is 87.2 cm³/mol. The van der Waals surface area contributed by atoms with E-state index in [0.29, 0.717) is 0 Å². The van der Waals surface area contributed by atoms with Crippen LogP contribution in [-0.2, 0) is 19.5 Å². The number of aryl methyl sites for hydroxylation is 1. The summed E-state index contributed by atoms with van der Waals surface area (Å²) in [6.45, 7) is 12.4. The fourth-order valence-electron chi connectivity index (χ4n) is 2.92. The number of hydrogen-bond acceptors (Lipinski definition) is 4. The lowest BCUT2D eigenvalue weighted by molar-refractivity contribution is 0.176. The first-order valence-electron chi connectivity index (χ1n) is 8.13. The second kappa shape index (κ2) is 8.11. The highest BCUT2D eigenvalue weighted by atomic mass is 32.1. The van der Waals surface area contributed by atoms with Gasteiger partial charge in [0, 0.05) is 18.0 Å². The van der Waals surface area contributed by atoms with Crippen molar-refractivity contribution in [1.29, 1.82) is 0 Å². The molecule has 0 aliphatic carbocycles. The minimum Gasteiger partial charge on any atom is -0.312 e. The molecule has 1 fully saturated rings. The average Bonchev–Trinajstić information content (AvgIpc) is 2.81. The maximum atomic E-state index is 4.86. The first-order chi connectivity index (χ1) is 9.72. The topological polar surface area (TPSA) is 28.2 Å². The molecule has 1 saturated heterocycles. The van der Waals surface area contributed by atoms with Gasteiger partial charge < -0.3 is 5.32 Å². The Labute approximate surface area is 127 Å². The Morgan fingerprint density at radius 1 is 1.40 bits per heavy atom. The van der Waals surface area contributed by atoms with Gasteiger partial charge in [0.05, 0.1) is 12.2 Å². The molecule has 0 aromatic carbocycles. The van der Waals surface area contributed by atoms with Crippen LogP contribution in [-0.4, -0.2) is 29.5 Å². The molecular weight excluding hydrogens is 266 g/mol. The zero-order chi connectivity index (χ0) is 14.4. The molecule has 0 saturated carbocycles. The fraction of sp³-hybridized carbons (Fsp3) is 0.812. The summed E-state index contributed by atoms with van der Waals surface area (Å²) in [5, 5.41) is 4.82. The van der Waals surface area contributed by atoms with Crippen LogP contribution in [0, 0.1) is 5.92 Å². The normalized spacial score (nSPS) is 20.4. The molecule has 0 radical (unpaired) electrons. The van der Waals surface area contributed by atoms with Crippen LogP contribution in [0.3, 0.4) is 0 Å². The highest BCUT2D eigenvalue weighted by molar-refractivity contribution is 7.11. The molecule has 1 aliphatic rings. The molecule has 114 valence electrons. The van der Waals surface area contributed by atoms with E-state index in [-0.39, 0.29) is 0 Å². The van der Waals surface area contributed by atoms with Crippen molar-refractivity contribution in [3.8, 4) is 0 Å². The summed E-state index contributed by atoms with van der Waals surface area (Å²) in [6, 6.07) is 0. The predicted octanol–water partition coefficient (Wildman–Crippen LogP) is 3.44. The number of aromatic nitrogens is 1. The Balaban J connectivity index is 1.93. The van der Waals surface area contributed by atoms with Crippen LogP contribution < -0.4 is 5.32 Å². The second-order valence-corrected chi connectivity index (χ2v) is 7.16. The molecule has 2 heterocycles. The maximum Gasteiger partial charge on any atom is 0.107 e. The molecule has 2 rings (SSSR count). The summed E-state index contributed by atoms with van der Waals surface area (Å²) in [7, 11) is 0. The molecule has 1 N–H and O–H groups in total. The third-order valence-corrected chi connectivity index (χ3v) is 5.05. The van der Waals surface area contributed by atoms with E-state index in [9.17, 15) is 0 Å². The van der Waals surface area contributed by atoms with Gasteiger partial charge in [0.25, 0.3) is 0 Å². The van der Waals surface area contributed by atoms with Crippen LogP contribution >= 0.6 is 11.3 Å². The maximum absolute atomic E-state index is 4.86. The van der Waals surface area contributed by atoms with Gasteiger partial charge >= 0.3 is 0 Å². The van der Waals surface area contributed by atoms with Crippen LogP contribution in [0.4, 0.5) is 0 Å². The Morgan fingerprint density at radius 2 is 2.25 bits per heavy atom. The molecule has 0 amide bonds. The van der Waals surface area contributed by atoms with E-state index >= 15 is 0 Å². The highest BCUT2D eigenvalue weighted by Gasteiger charge is 2.18. The standard InChI is InChI=1S/C16H29N3S/c1-4-8-17-10-15-14(5-2)18-16(20-15)12-19-9-6-7-13(3)11-19/h13,17H,4-12H2,1-3H3. The molecule has 1 aromatic rings. The van der Waals surface area contributed by atoms with E-state index in [0.717, 1.165) is 32.0 Å². The van der Waals surface area contributed by atoms with Gasteiger partial charge in [0.2, 0.25) is 0 Å². The van der Waals surface area contributed by atoms with Crippen LogP contribution in [0.25, 0.3) is 0 Å². The van der Waals surface area contributed by atoms with Gasteiger partial charge in [-0.25, -0.2) is 4.98 Å². The molecule has 3 nitrogen and oxygen atoms in total. The van der Waals surface area contributed by atoms with Gasteiger partial charge in [-0.15, -0.1) is 11.3 Å². The van der Waals surface area contributed by atoms with Crippen molar-refractivity contribution in [2.75, 3.05) is 19.6 Å². The Kier molecular flexibility index (Phi) is 6.46. The van der Waals surface area contributed by atoms with E-state index in [1.165, 1.54) is 47.9 Å². The molecule has 20 heavy (non-hydrogen) atoms. The minimum atomic E-state index is 0.847. The van der Waals surface area contributed by atoms with E-state index in [1.807, 2.05) is 11.3 Å². The number of nitrogens with zero attached hydrogens (tertiary/aromatic N) is 2. The first-order valence-corrected chi connectivity index (χ1v) is 8.95. The number of nitrogens with one attached hydrogen (secondary N) is 1. The SMILES string of the molecule is CCCNCc1sc(CN2CCCC(C)C2)nc1CC. The van der Waals surface area contributed by atoms with E-state index < -0.39 is 0 Å². The second-order valence-electron chi connectivity index (χ2n) is 5.99. The number of likely N-dealkylation sites (tertiary alicyclic amines) is 1. The van der Waals surface area contributed by atoms with E-state index in [2.05, 4.69) is 31.0 Å². The van der Waals surface area contributed by atoms with Crippen molar-refractivity contribution in [3.05, 3.63) is 15.6 Å². The third kappa shape index (κ3) is 4.54. The number of piperidine rings is 1. The molecular formula is C16H29N3S. The highest BCUT2D eigenvalue weighted by Crippen LogP contribution is 2.23. The summed E-state index contributed by atoms with van der Waals surface area (Å²) in [6.07, 6.45) is 4.98. The lowest BCUT2D eigenvalue weighted by Gasteiger charge is -2.29. The van der Waals surface area contributed by atoms with Crippen molar-refractivity contribution in [2.45, 2.75) is 59.5 Å². The van der Waals surface area contributed by atoms with Crippen molar-refractivity contribution in [1.82, 2.24) is 15.2 Å². The fourth-order valence-corrected chi connectivity index (χ4v) is 4.09. The zero-order valence-electron chi connectivity index (χ0n) is 13.2. The molecule has 0 bridgehead atoms. The van der Waals surface area contributed by atoms with Crippen LogP contribution in [0.1, 0.15) is 55.6 Å². The Morgan fingerprint density at radius 3 is 2.95 bits per heavy atom. The summed E-state index contributed by atoms with van der Waals surface area (Å²) in [4.78, 5) is 8.89. The molecule has 1 aliphatic heterocycles. The molecule has 1 unspecified atom stereocenters. The average molecular weight is 295 g/mol. The summed E-state index contributed by atoms with van der Waals surface area (Å²) >= 11 is 1.91.